The summed E-state index contributed by atoms with van der Waals surface area (Å²) < 4.78 is 0. The van der Waals surface area contributed by atoms with E-state index in [1.54, 1.807) is 0 Å². The average molecular weight is 231 g/mol. The second-order valence-electron chi connectivity index (χ2n) is 5.75. The Morgan fingerprint density at radius 3 is 2.82 bits per heavy atom. The van der Waals surface area contributed by atoms with E-state index in [9.17, 15) is 0 Å². The van der Waals surface area contributed by atoms with Crippen LogP contribution in [0, 0.1) is 19.8 Å². The van der Waals surface area contributed by atoms with Crippen LogP contribution < -0.4 is 5.32 Å². The summed E-state index contributed by atoms with van der Waals surface area (Å²) in [6.07, 6.45) is 5.20. The molecule has 2 atom stereocenters. The zero-order chi connectivity index (χ0) is 12.3. The molecule has 94 valence electrons. The zero-order valence-electron chi connectivity index (χ0n) is 11.4. The molecule has 0 aliphatic carbocycles. The smallest absolute Gasteiger partial charge is 0.00727 e. The van der Waals surface area contributed by atoms with Gasteiger partial charge in [-0.2, -0.15) is 0 Å². The lowest BCUT2D eigenvalue weighted by Gasteiger charge is -2.28. The summed E-state index contributed by atoms with van der Waals surface area (Å²) in [5, 5.41) is 3.65. The predicted molar refractivity (Wildman–Crippen MR) is 74.4 cm³/mol. The van der Waals surface area contributed by atoms with Gasteiger partial charge in [-0.3, -0.25) is 0 Å². The molecule has 1 heterocycles. The molecule has 1 nitrogen and oxygen atoms in total. The fourth-order valence-corrected chi connectivity index (χ4v) is 2.90. The van der Waals surface area contributed by atoms with Crippen LogP contribution >= 0.6 is 0 Å². The van der Waals surface area contributed by atoms with Crippen molar-refractivity contribution in [2.24, 2.45) is 5.92 Å². The van der Waals surface area contributed by atoms with Gasteiger partial charge in [-0.1, -0.05) is 30.7 Å². The van der Waals surface area contributed by atoms with Gasteiger partial charge in [-0.15, -0.1) is 0 Å². The number of aryl methyl sites for hydroxylation is 3. The highest BCUT2D eigenvalue weighted by Gasteiger charge is 2.17. The standard InChI is InChI=1S/C16H25N/c1-12-4-5-15(14(3)10-12)6-7-16-11-13(2)8-9-17-16/h4-5,10,13,16-17H,6-9,11H2,1-3H3. The van der Waals surface area contributed by atoms with Crippen molar-refractivity contribution in [3.63, 3.8) is 0 Å². The Morgan fingerprint density at radius 1 is 1.29 bits per heavy atom. The molecule has 0 radical (unpaired) electrons. The lowest BCUT2D eigenvalue weighted by molar-refractivity contribution is 0.308. The van der Waals surface area contributed by atoms with E-state index >= 15 is 0 Å². The first-order chi connectivity index (χ1) is 8.15. The van der Waals surface area contributed by atoms with Gasteiger partial charge in [-0.25, -0.2) is 0 Å². The van der Waals surface area contributed by atoms with E-state index in [-0.39, 0.29) is 0 Å². The summed E-state index contributed by atoms with van der Waals surface area (Å²) in [5.74, 6) is 0.903. The molecule has 1 heteroatoms. The molecule has 1 aromatic carbocycles. The molecule has 0 bridgehead atoms. The molecule has 2 unspecified atom stereocenters. The van der Waals surface area contributed by atoms with E-state index in [4.69, 9.17) is 0 Å². The third-order valence-electron chi connectivity index (χ3n) is 4.02. The first kappa shape index (κ1) is 12.6. The molecule has 0 spiro atoms. The highest BCUT2D eigenvalue weighted by atomic mass is 14.9. The Bertz CT molecular complexity index is 370. The van der Waals surface area contributed by atoms with Crippen LogP contribution in [-0.4, -0.2) is 12.6 Å². The molecular formula is C16H25N. The average Bonchev–Trinajstić information content (AvgIpc) is 2.28. The summed E-state index contributed by atoms with van der Waals surface area (Å²) >= 11 is 0. The van der Waals surface area contributed by atoms with Crippen LogP contribution in [0.3, 0.4) is 0 Å². The molecule has 1 aromatic rings. The van der Waals surface area contributed by atoms with Gasteiger partial charge in [0.1, 0.15) is 0 Å². The second kappa shape index (κ2) is 5.68. The zero-order valence-corrected chi connectivity index (χ0v) is 11.4. The van der Waals surface area contributed by atoms with Gasteiger partial charge >= 0.3 is 0 Å². The summed E-state index contributed by atoms with van der Waals surface area (Å²) in [6.45, 7) is 7.99. The van der Waals surface area contributed by atoms with Crippen molar-refractivity contribution in [3.05, 3.63) is 34.9 Å². The third-order valence-corrected chi connectivity index (χ3v) is 4.02. The highest BCUT2D eigenvalue weighted by Crippen LogP contribution is 2.20. The monoisotopic (exact) mass is 231 g/mol. The lowest BCUT2D eigenvalue weighted by Crippen LogP contribution is -2.37. The summed E-state index contributed by atoms with van der Waals surface area (Å²) in [4.78, 5) is 0. The molecule has 1 saturated heterocycles. The van der Waals surface area contributed by atoms with Crippen molar-refractivity contribution in [3.8, 4) is 0 Å². The van der Waals surface area contributed by atoms with Crippen LogP contribution in [0.5, 0.6) is 0 Å². The molecule has 2 rings (SSSR count). The Labute approximate surface area is 106 Å². The minimum atomic E-state index is 0.736. The molecule has 1 aliphatic rings. The van der Waals surface area contributed by atoms with Crippen LogP contribution in [-0.2, 0) is 6.42 Å². The van der Waals surface area contributed by atoms with E-state index in [0.717, 1.165) is 12.0 Å². The molecule has 17 heavy (non-hydrogen) atoms. The molecule has 0 aromatic heterocycles. The van der Waals surface area contributed by atoms with Gasteiger partial charge < -0.3 is 5.32 Å². The maximum atomic E-state index is 3.65. The van der Waals surface area contributed by atoms with Crippen LogP contribution in [0.1, 0.15) is 42.9 Å². The first-order valence-corrected chi connectivity index (χ1v) is 6.94. The maximum absolute atomic E-state index is 3.65. The van der Waals surface area contributed by atoms with Crippen molar-refractivity contribution in [1.82, 2.24) is 5.32 Å². The largest absolute Gasteiger partial charge is 0.314 e. The Kier molecular flexibility index (Phi) is 4.22. The quantitative estimate of drug-likeness (QED) is 0.837. The van der Waals surface area contributed by atoms with E-state index in [1.165, 1.54) is 48.9 Å². The predicted octanol–water partition coefficient (Wildman–Crippen LogP) is 3.62. The summed E-state index contributed by atoms with van der Waals surface area (Å²) in [6, 6.07) is 7.57. The number of hydrogen-bond acceptors (Lipinski definition) is 1. The number of rotatable bonds is 3. The topological polar surface area (TPSA) is 12.0 Å². The first-order valence-electron chi connectivity index (χ1n) is 6.94. The second-order valence-corrected chi connectivity index (χ2v) is 5.75. The summed E-state index contributed by atoms with van der Waals surface area (Å²) in [5.41, 5.74) is 4.35. The molecule has 0 saturated carbocycles. The Hall–Kier alpha value is -0.820. The normalized spacial score (nSPS) is 24.9. The van der Waals surface area contributed by atoms with Crippen molar-refractivity contribution in [2.75, 3.05) is 6.54 Å². The Morgan fingerprint density at radius 2 is 2.12 bits per heavy atom. The van der Waals surface area contributed by atoms with Gasteiger partial charge in [0.15, 0.2) is 0 Å². The minimum Gasteiger partial charge on any atom is -0.314 e. The van der Waals surface area contributed by atoms with Crippen LogP contribution in [0.4, 0.5) is 0 Å². The molecule has 1 N–H and O–H groups in total. The van der Waals surface area contributed by atoms with Crippen molar-refractivity contribution >= 4 is 0 Å². The van der Waals surface area contributed by atoms with E-state index in [2.05, 4.69) is 44.3 Å². The lowest BCUT2D eigenvalue weighted by atomic mass is 9.90. The minimum absolute atomic E-state index is 0.736. The maximum Gasteiger partial charge on any atom is 0.00727 e. The van der Waals surface area contributed by atoms with Gasteiger partial charge in [0.25, 0.3) is 0 Å². The van der Waals surface area contributed by atoms with Gasteiger partial charge in [0.05, 0.1) is 0 Å². The van der Waals surface area contributed by atoms with E-state index < -0.39 is 0 Å². The SMILES string of the molecule is Cc1ccc(CCC2CC(C)CCN2)c(C)c1. The molecule has 1 fully saturated rings. The van der Waals surface area contributed by atoms with Crippen LogP contribution in [0.25, 0.3) is 0 Å². The number of nitrogens with one attached hydrogen (secondary N) is 1. The van der Waals surface area contributed by atoms with Gasteiger partial charge in [-0.05, 0) is 63.1 Å². The fraction of sp³-hybridized carbons (Fsp3) is 0.625. The summed E-state index contributed by atoms with van der Waals surface area (Å²) in [7, 11) is 0. The van der Waals surface area contributed by atoms with Gasteiger partial charge in [0, 0.05) is 6.04 Å². The Balaban J connectivity index is 1.88. The van der Waals surface area contributed by atoms with Gasteiger partial charge in [0.2, 0.25) is 0 Å². The molecule has 1 aliphatic heterocycles. The number of benzene rings is 1. The third kappa shape index (κ3) is 3.57. The molecular weight excluding hydrogens is 206 g/mol. The number of piperidine rings is 1. The van der Waals surface area contributed by atoms with Crippen molar-refractivity contribution in [2.45, 2.75) is 52.5 Å². The molecule has 0 amide bonds. The van der Waals surface area contributed by atoms with E-state index in [1.807, 2.05) is 0 Å². The van der Waals surface area contributed by atoms with Crippen LogP contribution in [0.15, 0.2) is 18.2 Å². The van der Waals surface area contributed by atoms with Crippen molar-refractivity contribution in [1.29, 1.82) is 0 Å². The van der Waals surface area contributed by atoms with Crippen molar-refractivity contribution < 1.29 is 0 Å². The fourth-order valence-electron chi connectivity index (χ4n) is 2.90. The van der Waals surface area contributed by atoms with Crippen LogP contribution in [0.2, 0.25) is 0 Å². The van der Waals surface area contributed by atoms with E-state index in [0.29, 0.717) is 0 Å². The number of hydrogen-bond donors (Lipinski definition) is 1. The highest BCUT2D eigenvalue weighted by molar-refractivity contribution is 5.30.